The number of para-hydroxylation sites is 2. The minimum atomic E-state index is -3.89. The summed E-state index contributed by atoms with van der Waals surface area (Å²) in [5, 5.41) is 0. The van der Waals surface area contributed by atoms with Gasteiger partial charge in [0.1, 0.15) is 12.4 Å². The van der Waals surface area contributed by atoms with Crippen molar-refractivity contribution < 1.29 is 22.6 Å². The van der Waals surface area contributed by atoms with E-state index in [-0.39, 0.29) is 16.6 Å². The van der Waals surface area contributed by atoms with Crippen LogP contribution in [0.5, 0.6) is 11.6 Å². The Hall–Kier alpha value is -2.95. The molecule has 1 aliphatic heterocycles. The second-order valence-electron chi connectivity index (χ2n) is 6.95. The van der Waals surface area contributed by atoms with Crippen LogP contribution in [-0.4, -0.2) is 69.9 Å². The van der Waals surface area contributed by atoms with Crippen LogP contribution in [0.1, 0.15) is 0 Å². The van der Waals surface area contributed by atoms with Crippen LogP contribution in [0.15, 0.2) is 53.4 Å². The van der Waals surface area contributed by atoms with E-state index >= 15 is 0 Å². The van der Waals surface area contributed by atoms with Crippen LogP contribution in [0, 0.1) is 0 Å². The van der Waals surface area contributed by atoms with E-state index in [2.05, 4.69) is 19.6 Å². The number of methoxy groups -OCH3 is 1. The zero-order chi connectivity index (χ0) is 21.7. The quantitative estimate of drug-likeness (QED) is 0.564. The van der Waals surface area contributed by atoms with Crippen molar-refractivity contribution in [2.75, 3.05) is 51.3 Å². The average molecular weight is 445 g/mol. The molecule has 3 aromatic rings. The molecule has 0 spiro atoms. The molecule has 31 heavy (non-hydrogen) atoms. The van der Waals surface area contributed by atoms with Crippen LogP contribution in [0.4, 0.5) is 5.82 Å². The average Bonchev–Trinajstić information content (AvgIpc) is 2.80. The van der Waals surface area contributed by atoms with Crippen LogP contribution >= 0.6 is 0 Å². The highest BCUT2D eigenvalue weighted by Crippen LogP contribution is 2.26. The highest BCUT2D eigenvalue weighted by atomic mass is 32.2. The van der Waals surface area contributed by atoms with Crippen molar-refractivity contribution in [3.8, 4) is 11.6 Å². The maximum absolute atomic E-state index is 12.9. The minimum absolute atomic E-state index is 0.0523. The summed E-state index contributed by atoms with van der Waals surface area (Å²) in [7, 11) is -2.37. The summed E-state index contributed by atoms with van der Waals surface area (Å²) in [6.07, 6.45) is 0. The molecule has 0 unspecified atom stereocenters. The van der Waals surface area contributed by atoms with Crippen molar-refractivity contribution in [2.45, 2.75) is 4.90 Å². The Balaban J connectivity index is 1.57. The monoisotopic (exact) mass is 444 g/mol. The number of hydrogen-bond donors (Lipinski definition) is 1. The molecule has 2 aromatic carbocycles. The summed E-state index contributed by atoms with van der Waals surface area (Å²) in [4.78, 5) is 11.2. The number of ether oxygens (including phenoxy) is 3. The molecule has 1 aromatic heterocycles. The molecular weight excluding hydrogens is 420 g/mol. The lowest BCUT2D eigenvalue weighted by atomic mass is 10.3. The van der Waals surface area contributed by atoms with Crippen molar-refractivity contribution in [3.05, 3.63) is 48.5 Å². The van der Waals surface area contributed by atoms with Crippen molar-refractivity contribution in [3.63, 3.8) is 0 Å². The molecule has 0 atom stereocenters. The van der Waals surface area contributed by atoms with Gasteiger partial charge in [0.15, 0.2) is 0 Å². The molecule has 1 N–H and O–H groups in total. The summed E-state index contributed by atoms with van der Waals surface area (Å²) in [5.41, 5.74) is 1.19. The molecule has 0 aliphatic carbocycles. The van der Waals surface area contributed by atoms with Crippen molar-refractivity contribution in [1.29, 1.82) is 0 Å². The van der Waals surface area contributed by atoms with Crippen LogP contribution in [0.2, 0.25) is 0 Å². The van der Waals surface area contributed by atoms with Crippen LogP contribution in [-0.2, 0) is 14.8 Å². The fourth-order valence-corrected chi connectivity index (χ4v) is 4.19. The van der Waals surface area contributed by atoms with E-state index in [0.29, 0.717) is 43.1 Å². The highest BCUT2D eigenvalue weighted by molar-refractivity contribution is 7.92. The molecule has 0 bridgehead atoms. The number of benzene rings is 2. The first-order valence-corrected chi connectivity index (χ1v) is 11.4. The van der Waals surface area contributed by atoms with Gasteiger partial charge in [-0.05, 0) is 36.4 Å². The first-order valence-electron chi connectivity index (χ1n) is 9.92. The van der Waals surface area contributed by atoms with Gasteiger partial charge in [-0.25, -0.2) is 18.4 Å². The molecule has 0 amide bonds. The van der Waals surface area contributed by atoms with Gasteiger partial charge in [0.05, 0.1) is 36.3 Å². The number of aromatic nitrogens is 2. The van der Waals surface area contributed by atoms with E-state index in [9.17, 15) is 8.42 Å². The molecule has 1 fully saturated rings. The predicted molar refractivity (Wildman–Crippen MR) is 116 cm³/mol. The van der Waals surface area contributed by atoms with Gasteiger partial charge >= 0.3 is 0 Å². The smallest absolute Gasteiger partial charge is 0.263 e. The number of nitrogens with zero attached hydrogens (tertiary/aromatic N) is 3. The largest absolute Gasteiger partial charge is 0.497 e. The van der Waals surface area contributed by atoms with Gasteiger partial charge in [0.2, 0.25) is 5.82 Å². The van der Waals surface area contributed by atoms with E-state index in [1.165, 1.54) is 19.2 Å². The van der Waals surface area contributed by atoms with Gasteiger partial charge in [-0.1, -0.05) is 12.1 Å². The van der Waals surface area contributed by atoms with Crippen LogP contribution < -0.4 is 14.2 Å². The summed E-state index contributed by atoms with van der Waals surface area (Å²) in [6, 6.07) is 13.3. The Morgan fingerprint density at radius 3 is 2.39 bits per heavy atom. The Morgan fingerprint density at radius 2 is 1.71 bits per heavy atom. The predicted octanol–water partition coefficient (Wildman–Crippen LogP) is 2.15. The van der Waals surface area contributed by atoms with Crippen molar-refractivity contribution in [1.82, 2.24) is 14.9 Å². The van der Waals surface area contributed by atoms with Gasteiger partial charge in [-0.2, -0.15) is 0 Å². The summed E-state index contributed by atoms with van der Waals surface area (Å²) < 4.78 is 44.7. The number of morpholine rings is 1. The third-order valence-electron chi connectivity index (χ3n) is 4.89. The number of anilines is 1. The van der Waals surface area contributed by atoms with E-state index < -0.39 is 10.0 Å². The number of hydrogen-bond acceptors (Lipinski definition) is 8. The molecule has 9 nitrogen and oxygen atoms in total. The SMILES string of the molecule is COc1ccc(S(=O)(=O)Nc2nc3ccccc3nc2OCCN2CCOCC2)cc1. The maximum atomic E-state index is 12.9. The first kappa shape index (κ1) is 21.3. The molecule has 164 valence electrons. The lowest BCUT2D eigenvalue weighted by Gasteiger charge is -2.26. The fourth-order valence-electron chi connectivity index (χ4n) is 3.19. The lowest BCUT2D eigenvalue weighted by Crippen LogP contribution is -2.38. The third-order valence-corrected chi connectivity index (χ3v) is 6.24. The molecule has 0 saturated carbocycles. The molecule has 4 rings (SSSR count). The van der Waals surface area contributed by atoms with E-state index in [4.69, 9.17) is 14.2 Å². The van der Waals surface area contributed by atoms with Crippen molar-refractivity contribution >= 4 is 26.9 Å². The lowest BCUT2D eigenvalue weighted by molar-refractivity contribution is 0.0320. The topological polar surface area (TPSA) is 103 Å². The third kappa shape index (κ3) is 5.22. The van der Waals surface area contributed by atoms with Crippen molar-refractivity contribution in [2.24, 2.45) is 0 Å². The van der Waals surface area contributed by atoms with Gasteiger partial charge in [-0.15, -0.1) is 0 Å². The highest BCUT2D eigenvalue weighted by Gasteiger charge is 2.20. The number of fused-ring (bicyclic) bond motifs is 1. The number of rotatable bonds is 8. The standard InChI is InChI=1S/C21H24N4O5S/c1-28-16-6-8-17(9-7-16)31(26,27)24-20-21(23-19-5-3-2-4-18(19)22-20)30-15-12-25-10-13-29-14-11-25/h2-9H,10-15H2,1H3,(H,22,24). The van der Waals surface area contributed by atoms with Crippen LogP contribution in [0.3, 0.4) is 0 Å². The van der Waals surface area contributed by atoms with Gasteiger partial charge < -0.3 is 14.2 Å². The summed E-state index contributed by atoms with van der Waals surface area (Å²) in [6.45, 7) is 4.10. The summed E-state index contributed by atoms with van der Waals surface area (Å²) in [5.74, 6) is 0.761. The number of nitrogens with one attached hydrogen (secondary N) is 1. The minimum Gasteiger partial charge on any atom is -0.497 e. The molecule has 1 saturated heterocycles. The van der Waals surface area contributed by atoms with Gasteiger partial charge in [0.25, 0.3) is 15.9 Å². The molecule has 0 radical (unpaired) electrons. The molecular formula is C21H24N4O5S. The Labute approximate surface area is 181 Å². The Bertz CT molecular complexity index is 1130. The van der Waals surface area contributed by atoms with Crippen LogP contribution in [0.25, 0.3) is 11.0 Å². The van der Waals surface area contributed by atoms with E-state index in [1.54, 1.807) is 24.3 Å². The van der Waals surface area contributed by atoms with E-state index in [0.717, 1.165) is 13.1 Å². The molecule has 10 heteroatoms. The Morgan fingerprint density at radius 1 is 1.03 bits per heavy atom. The fraction of sp³-hybridized carbons (Fsp3) is 0.333. The zero-order valence-corrected chi connectivity index (χ0v) is 18.0. The Kier molecular flexibility index (Phi) is 6.50. The van der Waals surface area contributed by atoms with E-state index in [1.807, 2.05) is 12.1 Å². The van der Waals surface area contributed by atoms with Gasteiger partial charge in [0, 0.05) is 19.6 Å². The second-order valence-corrected chi connectivity index (χ2v) is 8.63. The first-order chi connectivity index (χ1) is 15.0. The normalized spacial score (nSPS) is 15.0. The zero-order valence-electron chi connectivity index (χ0n) is 17.2. The maximum Gasteiger partial charge on any atom is 0.263 e. The molecule has 1 aliphatic rings. The van der Waals surface area contributed by atoms with Gasteiger partial charge in [-0.3, -0.25) is 9.62 Å². The number of sulfonamides is 1. The second kappa shape index (κ2) is 9.46. The summed E-state index contributed by atoms with van der Waals surface area (Å²) >= 11 is 0. The molecule has 2 heterocycles.